The highest BCUT2D eigenvalue weighted by Gasteiger charge is 2.58. The summed E-state index contributed by atoms with van der Waals surface area (Å²) < 4.78 is 13.4. The van der Waals surface area contributed by atoms with Gasteiger partial charge in [0.2, 0.25) is 5.88 Å². The summed E-state index contributed by atoms with van der Waals surface area (Å²) in [5.74, 6) is -1.60. The zero-order chi connectivity index (χ0) is 35.6. The molecule has 0 amide bonds. The predicted octanol–water partition coefficient (Wildman–Crippen LogP) is 3.75. The minimum Gasteiger partial charge on any atom is -0.471 e. The summed E-state index contributed by atoms with van der Waals surface area (Å²) in [5.41, 5.74) is -0.198. The molecule has 6 rings (SSSR count). The molecule has 0 aliphatic carbocycles. The van der Waals surface area contributed by atoms with Crippen molar-refractivity contribution in [1.29, 1.82) is 0 Å². The van der Waals surface area contributed by atoms with E-state index in [1.165, 1.54) is 6.34 Å². The lowest BCUT2D eigenvalue weighted by molar-refractivity contribution is -0.0907. The van der Waals surface area contributed by atoms with Gasteiger partial charge in [-0.15, -0.1) is 0 Å². The van der Waals surface area contributed by atoms with E-state index in [4.69, 9.17) is 9.47 Å². The number of Topliss-reactive ketones (excluding diaryl/α,β-unsaturated/α-hetero) is 2. The van der Waals surface area contributed by atoms with Gasteiger partial charge >= 0.3 is 0 Å². The Hall–Kier alpha value is -5.63. The second-order valence-corrected chi connectivity index (χ2v) is 12.5. The molecule has 256 valence electrons. The van der Waals surface area contributed by atoms with Crippen molar-refractivity contribution in [3.05, 3.63) is 123 Å². The Labute approximate surface area is 287 Å². The number of fused-ring (bicyclic) bond motifs is 1. The minimum atomic E-state index is -2.44. The van der Waals surface area contributed by atoms with Crippen LogP contribution in [0.25, 0.3) is 11.2 Å². The second kappa shape index (κ2) is 14.1. The summed E-state index contributed by atoms with van der Waals surface area (Å²) >= 11 is 0. The molecule has 3 aromatic carbocycles. The van der Waals surface area contributed by atoms with Gasteiger partial charge in [0, 0.05) is 31.6 Å². The zero-order valence-electron chi connectivity index (χ0n) is 27.9. The fraction of sp³-hybridized carbons (Fsp3) is 0.270. The van der Waals surface area contributed by atoms with Gasteiger partial charge in [0.25, 0.3) is 11.5 Å². The topological polar surface area (TPSA) is 169 Å². The van der Waals surface area contributed by atoms with Crippen molar-refractivity contribution in [3.63, 3.8) is 0 Å². The lowest BCUT2D eigenvalue weighted by atomic mass is 9.82. The van der Waals surface area contributed by atoms with Crippen molar-refractivity contribution in [3.8, 4) is 5.88 Å². The number of carbonyl (C=O) groups is 2. The molecule has 0 radical (unpaired) electrons. The lowest BCUT2D eigenvalue weighted by Crippen LogP contribution is -2.53. The fourth-order valence-electron chi connectivity index (χ4n) is 5.71. The number of aromatic nitrogens is 4. The maximum absolute atomic E-state index is 14.1. The van der Waals surface area contributed by atoms with Crippen molar-refractivity contribution in [2.24, 2.45) is 4.99 Å². The number of aryl methyl sites for hydroxylation is 2. The summed E-state index contributed by atoms with van der Waals surface area (Å²) in [4.78, 5) is 60.5. The molecule has 5 aromatic rings. The van der Waals surface area contributed by atoms with Gasteiger partial charge in [-0.05, 0) is 19.4 Å². The lowest BCUT2D eigenvalue weighted by Gasteiger charge is -2.29. The van der Waals surface area contributed by atoms with Crippen molar-refractivity contribution >= 4 is 35.0 Å². The van der Waals surface area contributed by atoms with Gasteiger partial charge in [0.1, 0.15) is 25.0 Å². The normalized spacial score (nSPS) is 19.5. The molecule has 13 nitrogen and oxygen atoms in total. The van der Waals surface area contributed by atoms with Gasteiger partial charge in [-0.2, -0.15) is 9.97 Å². The Morgan fingerprint density at radius 1 is 1.02 bits per heavy atom. The number of rotatable bonds is 11. The van der Waals surface area contributed by atoms with Crippen LogP contribution in [0.15, 0.2) is 94.8 Å². The first-order valence-corrected chi connectivity index (χ1v) is 15.9. The van der Waals surface area contributed by atoms with Crippen LogP contribution in [0, 0.1) is 13.8 Å². The number of aliphatic hydroxyl groups is 2. The summed E-state index contributed by atoms with van der Waals surface area (Å²) in [6.45, 7) is 3.82. The van der Waals surface area contributed by atoms with Crippen LogP contribution in [0.3, 0.4) is 0 Å². The molecule has 1 unspecified atom stereocenters. The van der Waals surface area contributed by atoms with Crippen molar-refractivity contribution < 1.29 is 29.3 Å². The van der Waals surface area contributed by atoms with Crippen LogP contribution in [0.5, 0.6) is 5.88 Å². The molecule has 0 bridgehead atoms. The largest absolute Gasteiger partial charge is 0.471 e. The van der Waals surface area contributed by atoms with E-state index in [1.54, 1.807) is 67.5 Å². The number of hydrogen-bond donors (Lipinski definition) is 2. The van der Waals surface area contributed by atoms with E-state index in [9.17, 15) is 24.6 Å². The number of ether oxygens (including phenoxy) is 2. The van der Waals surface area contributed by atoms with Crippen molar-refractivity contribution in [1.82, 2.24) is 24.4 Å². The molecule has 1 aliphatic rings. The molecule has 2 N–H and O–H groups in total. The van der Waals surface area contributed by atoms with Crippen LogP contribution in [-0.4, -0.2) is 84.4 Å². The van der Waals surface area contributed by atoms with Gasteiger partial charge < -0.3 is 24.6 Å². The van der Waals surface area contributed by atoms with E-state index in [1.807, 2.05) is 44.2 Å². The van der Waals surface area contributed by atoms with Crippen LogP contribution < -0.4 is 10.3 Å². The van der Waals surface area contributed by atoms with Gasteiger partial charge in [-0.3, -0.25) is 19.0 Å². The van der Waals surface area contributed by atoms with Crippen molar-refractivity contribution in [2.75, 3.05) is 14.1 Å². The Morgan fingerprint density at radius 3 is 2.30 bits per heavy atom. The highest BCUT2D eigenvalue weighted by atomic mass is 16.6. The summed E-state index contributed by atoms with van der Waals surface area (Å²) in [5, 5.41) is 23.7. The smallest absolute Gasteiger partial charge is 0.272 e. The van der Waals surface area contributed by atoms with E-state index >= 15 is 0 Å². The molecular formula is C37H36N6O7. The highest BCUT2D eigenvalue weighted by Crippen LogP contribution is 2.42. The van der Waals surface area contributed by atoms with E-state index in [2.05, 4.69) is 19.9 Å². The van der Waals surface area contributed by atoms with E-state index in [0.29, 0.717) is 0 Å². The first kappa shape index (κ1) is 34.2. The Bertz CT molecular complexity index is 2120. The average molecular weight is 677 g/mol. The van der Waals surface area contributed by atoms with Gasteiger partial charge in [0.05, 0.1) is 12.5 Å². The molecule has 4 atom stereocenters. The van der Waals surface area contributed by atoms with Crippen LogP contribution >= 0.6 is 0 Å². The number of aliphatic imine (C=N–C) groups is 1. The number of benzene rings is 3. The molecule has 2 aromatic heterocycles. The first-order valence-electron chi connectivity index (χ1n) is 15.9. The third-order valence-electron chi connectivity index (χ3n) is 8.36. The van der Waals surface area contributed by atoms with Crippen LogP contribution in [0.4, 0.5) is 5.95 Å². The quantitative estimate of drug-likeness (QED) is 0.119. The second-order valence-electron chi connectivity index (χ2n) is 12.5. The van der Waals surface area contributed by atoms with Crippen molar-refractivity contribution in [2.45, 2.75) is 50.9 Å². The zero-order valence-corrected chi connectivity index (χ0v) is 27.9. The Balaban J connectivity index is 1.46. The summed E-state index contributed by atoms with van der Waals surface area (Å²) in [6, 6.07) is 22.3. The first-order chi connectivity index (χ1) is 23.9. The van der Waals surface area contributed by atoms with Gasteiger partial charge in [0.15, 0.2) is 28.3 Å². The molecule has 3 heterocycles. The van der Waals surface area contributed by atoms with Crippen LogP contribution in [-0.2, 0) is 11.3 Å². The summed E-state index contributed by atoms with van der Waals surface area (Å²) in [6.07, 6.45) is -3.16. The molecule has 1 saturated heterocycles. The van der Waals surface area contributed by atoms with E-state index < -0.39 is 47.6 Å². The standard InChI is InChI=1S/C37H36N6O7/c1-22-10-14-25(15-11-22)30(45)31(46)33-37(48,32(47)26-16-12-23(2)13-17-26)18-28(50-33)43-27(44)19-38-29-34(43)40-36(39-21-42(3)4)41-35(29)49-20-24-8-6-5-7-9-24/h5-17,19,21,28,31,33,46,48H,18,20H2,1-4H3/t28-,31?,33-,37-/m1/s1. The Kier molecular flexibility index (Phi) is 9.64. The maximum atomic E-state index is 14.1. The molecule has 13 heteroatoms. The molecule has 1 fully saturated rings. The number of nitrogens with zero attached hydrogens (tertiary/aromatic N) is 6. The third kappa shape index (κ3) is 6.92. The number of hydrogen-bond acceptors (Lipinski definition) is 11. The van der Waals surface area contributed by atoms with Crippen LogP contribution in [0.1, 0.15) is 50.1 Å². The molecular weight excluding hydrogens is 640 g/mol. The highest BCUT2D eigenvalue weighted by molar-refractivity contribution is 6.05. The maximum Gasteiger partial charge on any atom is 0.272 e. The Morgan fingerprint density at radius 2 is 1.66 bits per heavy atom. The predicted molar refractivity (Wildman–Crippen MR) is 185 cm³/mol. The van der Waals surface area contributed by atoms with Gasteiger partial charge in [-0.25, -0.2) is 9.98 Å². The number of ketones is 2. The van der Waals surface area contributed by atoms with Crippen LogP contribution in [0.2, 0.25) is 0 Å². The number of carbonyl (C=O) groups excluding carboxylic acids is 2. The molecule has 0 saturated carbocycles. The number of aliphatic hydroxyl groups excluding tert-OH is 1. The fourth-order valence-corrected chi connectivity index (χ4v) is 5.71. The minimum absolute atomic E-state index is 0.0219. The average Bonchev–Trinajstić information content (AvgIpc) is 3.47. The van der Waals surface area contributed by atoms with Gasteiger partial charge in [-0.1, -0.05) is 90.0 Å². The third-order valence-corrected chi connectivity index (χ3v) is 8.36. The molecule has 0 spiro atoms. The molecule has 50 heavy (non-hydrogen) atoms. The molecule has 1 aliphatic heterocycles. The monoisotopic (exact) mass is 676 g/mol. The SMILES string of the molecule is Cc1ccc(C(=O)C(O)[C@H]2O[C@@H](n3c(=O)cnc4c(OCc5ccccc5)nc(N=CN(C)C)nc43)C[C@@]2(O)C(=O)c2ccc(C)cc2)cc1. The van der Waals surface area contributed by atoms with E-state index in [-0.39, 0.29) is 40.7 Å². The van der Waals surface area contributed by atoms with E-state index in [0.717, 1.165) is 27.5 Å². The summed E-state index contributed by atoms with van der Waals surface area (Å²) in [7, 11) is 3.52.